The number of hydrogen-bond donors (Lipinski definition) is 1. The first-order valence-corrected chi connectivity index (χ1v) is 12.5. The second kappa shape index (κ2) is 14.0. The van der Waals surface area contributed by atoms with E-state index in [2.05, 4.69) is 6.92 Å². The third-order valence-electron chi connectivity index (χ3n) is 3.99. The molecule has 0 aliphatic heterocycles. The molecule has 24 heavy (non-hydrogen) atoms. The van der Waals surface area contributed by atoms with Crippen LogP contribution in [-0.2, 0) is 20.0 Å². The van der Waals surface area contributed by atoms with Gasteiger partial charge >= 0.3 is 0 Å². The number of unbranched alkanes of at least 4 members (excludes halogenated alkanes) is 12. The molecule has 2 N–H and O–H groups in total. The maximum atomic E-state index is 11.5. The second-order valence-corrected chi connectivity index (χ2v) is 9.91. The topological polar surface area (TPSA) is 104 Å². The highest BCUT2D eigenvalue weighted by atomic mass is 32.2. The Labute approximate surface area is 149 Å². The van der Waals surface area contributed by atoms with Crippen LogP contribution in [0.5, 0.6) is 0 Å². The van der Waals surface area contributed by atoms with Crippen molar-refractivity contribution in [1.82, 2.24) is 9.86 Å². The summed E-state index contributed by atoms with van der Waals surface area (Å²) < 4.78 is 46.2. The van der Waals surface area contributed by atoms with Gasteiger partial charge in [0.25, 0.3) is 0 Å². The lowest BCUT2D eigenvalue weighted by Crippen LogP contribution is -2.31. The van der Waals surface area contributed by atoms with E-state index in [0.717, 1.165) is 19.3 Å². The number of sulfonamides is 2. The lowest BCUT2D eigenvalue weighted by Gasteiger charge is -2.05. The summed E-state index contributed by atoms with van der Waals surface area (Å²) in [6.07, 6.45) is 15.3. The Balaban J connectivity index is 3.38. The van der Waals surface area contributed by atoms with Crippen LogP contribution in [0.2, 0.25) is 0 Å². The Hall–Kier alpha value is -0.180. The van der Waals surface area contributed by atoms with Crippen LogP contribution in [0, 0.1) is 0 Å². The molecule has 6 nitrogen and oxygen atoms in total. The smallest absolute Gasteiger partial charge is 0.212 e. The van der Waals surface area contributed by atoms with E-state index < -0.39 is 25.9 Å². The van der Waals surface area contributed by atoms with Gasteiger partial charge in [0.1, 0.15) is 5.88 Å². The van der Waals surface area contributed by atoms with Gasteiger partial charge in [0.2, 0.25) is 20.0 Å². The van der Waals surface area contributed by atoms with Crippen molar-refractivity contribution in [3.8, 4) is 0 Å². The summed E-state index contributed by atoms with van der Waals surface area (Å²) in [7, 11) is -7.63. The van der Waals surface area contributed by atoms with E-state index in [0.29, 0.717) is 6.42 Å². The lowest BCUT2D eigenvalue weighted by molar-refractivity contribution is 0.540. The average Bonchev–Trinajstić information content (AvgIpc) is 2.49. The maximum absolute atomic E-state index is 11.5. The molecule has 0 saturated heterocycles. The normalized spacial score (nSPS) is 12.6. The number of hydrogen-bond acceptors (Lipinski definition) is 4. The third-order valence-corrected chi connectivity index (χ3v) is 6.10. The van der Waals surface area contributed by atoms with Crippen molar-refractivity contribution >= 4 is 20.0 Å². The van der Waals surface area contributed by atoms with Crippen molar-refractivity contribution in [2.75, 3.05) is 11.6 Å². The minimum absolute atomic E-state index is 0.0692. The highest BCUT2D eigenvalue weighted by molar-refractivity contribution is 7.92. The quantitative estimate of drug-likeness (QED) is 0.388. The van der Waals surface area contributed by atoms with Crippen molar-refractivity contribution in [2.24, 2.45) is 0 Å². The average molecular weight is 384 g/mol. The Morgan fingerprint density at radius 2 is 1.04 bits per heavy atom. The first kappa shape index (κ1) is 23.8. The van der Waals surface area contributed by atoms with Gasteiger partial charge in [-0.15, -0.1) is 5.14 Å². The molecule has 8 heteroatoms. The molecule has 0 aliphatic rings. The van der Waals surface area contributed by atoms with Crippen LogP contribution in [0.4, 0.5) is 0 Å². The van der Waals surface area contributed by atoms with Gasteiger partial charge in [-0.2, -0.15) is 4.72 Å². The molecule has 0 heterocycles. The summed E-state index contributed by atoms with van der Waals surface area (Å²) in [4.78, 5) is 0. The fourth-order valence-electron chi connectivity index (χ4n) is 2.55. The van der Waals surface area contributed by atoms with Crippen LogP contribution >= 0.6 is 0 Å². The number of nitrogens with one attached hydrogen (secondary N) is 2. The van der Waals surface area contributed by atoms with Crippen molar-refractivity contribution in [1.29, 1.82) is 0 Å². The van der Waals surface area contributed by atoms with Crippen molar-refractivity contribution in [3.63, 3.8) is 0 Å². The molecular weight excluding hydrogens is 348 g/mol. The van der Waals surface area contributed by atoms with E-state index in [1.807, 2.05) is 4.72 Å². The van der Waals surface area contributed by atoms with Crippen molar-refractivity contribution in [2.45, 2.75) is 90.4 Å². The molecule has 1 radical (unpaired) electrons. The van der Waals surface area contributed by atoms with Gasteiger partial charge in [-0.3, -0.25) is 0 Å². The monoisotopic (exact) mass is 383 g/mol. The molecule has 0 atom stereocenters. The van der Waals surface area contributed by atoms with Gasteiger partial charge in [0.05, 0.1) is 5.75 Å². The molecule has 0 aromatic rings. The van der Waals surface area contributed by atoms with Crippen LogP contribution in [0.25, 0.3) is 0 Å². The Morgan fingerprint density at radius 3 is 1.42 bits per heavy atom. The van der Waals surface area contributed by atoms with E-state index in [1.54, 1.807) is 0 Å². The molecule has 145 valence electrons. The highest BCUT2D eigenvalue weighted by Gasteiger charge is 2.13. The van der Waals surface area contributed by atoms with Gasteiger partial charge in [0.15, 0.2) is 0 Å². The van der Waals surface area contributed by atoms with Crippen LogP contribution in [0.15, 0.2) is 0 Å². The molecule has 0 bridgehead atoms. The van der Waals surface area contributed by atoms with Crippen molar-refractivity contribution in [3.05, 3.63) is 0 Å². The Morgan fingerprint density at radius 1 is 0.667 bits per heavy atom. The molecule has 0 fully saturated rings. The van der Waals surface area contributed by atoms with Crippen LogP contribution in [-0.4, -0.2) is 28.5 Å². The van der Waals surface area contributed by atoms with E-state index in [4.69, 9.17) is 5.14 Å². The van der Waals surface area contributed by atoms with Crippen molar-refractivity contribution < 1.29 is 16.8 Å². The first-order valence-electron chi connectivity index (χ1n) is 9.21. The highest BCUT2D eigenvalue weighted by Crippen LogP contribution is 2.12. The minimum atomic E-state index is -4.05. The van der Waals surface area contributed by atoms with Gasteiger partial charge in [-0.05, 0) is 6.42 Å². The summed E-state index contributed by atoms with van der Waals surface area (Å²) >= 11 is 0. The summed E-state index contributed by atoms with van der Waals surface area (Å²) in [6.45, 7) is 2.23. The molecular formula is C16H35N2O4S2. The van der Waals surface area contributed by atoms with Gasteiger partial charge in [-0.1, -0.05) is 84.0 Å². The first-order chi connectivity index (χ1) is 11.3. The fourth-order valence-corrected chi connectivity index (χ4v) is 4.62. The van der Waals surface area contributed by atoms with Crippen LogP contribution in [0.3, 0.4) is 0 Å². The summed E-state index contributed by atoms with van der Waals surface area (Å²) in [5.74, 6) is -0.909. The standard InChI is InChI=1S/C16H35N2O4S2/c1-2-3-4-5-6-7-8-9-10-11-12-13-14-15-24(21,22)18-16-23(17,19)20/h17-18H,2-16H2,1H3. The zero-order valence-corrected chi connectivity index (χ0v) is 16.7. The molecule has 0 spiro atoms. The van der Waals surface area contributed by atoms with Crippen LogP contribution < -0.4 is 9.86 Å². The zero-order valence-electron chi connectivity index (χ0n) is 15.1. The van der Waals surface area contributed by atoms with E-state index in [9.17, 15) is 16.8 Å². The molecule has 0 aromatic carbocycles. The summed E-state index contributed by atoms with van der Waals surface area (Å²) in [5, 5.41) is 6.64. The SMILES string of the molecule is CCCCCCCCCCCCCCCS(=O)(=O)NCS([NH])(=O)=O. The van der Waals surface area contributed by atoms with E-state index >= 15 is 0 Å². The minimum Gasteiger partial charge on any atom is -0.212 e. The Bertz CT molecular complexity index is 490. The maximum Gasteiger partial charge on any atom is 0.239 e. The zero-order chi connectivity index (χ0) is 18.3. The molecule has 0 amide bonds. The predicted octanol–water partition coefficient (Wildman–Crippen LogP) is 3.57. The van der Waals surface area contributed by atoms with Gasteiger partial charge in [0, 0.05) is 0 Å². The fraction of sp³-hybridized carbons (Fsp3) is 1.00. The molecule has 0 unspecified atom stereocenters. The summed E-state index contributed by atoms with van der Waals surface area (Å²) in [6, 6.07) is 0. The summed E-state index contributed by atoms with van der Waals surface area (Å²) in [5.41, 5.74) is 0. The Kier molecular flexibility index (Phi) is 13.9. The van der Waals surface area contributed by atoms with Crippen LogP contribution in [0.1, 0.15) is 90.4 Å². The number of rotatable bonds is 17. The molecule has 0 aliphatic carbocycles. The predicted molar refractivity (Wildman–Crippen MR) is 99.5 cm³/mol. The van der Waals surface area contributed by atoms with E-state index in [1.165, 1.54) is 57.8 Å². The molecule has 0 aromatic heterocycles. The third kappa shape index (κ3) is 18.2. The lowest BCUT2D eigenvalue weighted by atomic mass is 10.1. The molecule has 0 saturated carbocycles. The van der Waals surface area contributed by atoms with Gasteiger partial charge < -0.3 is 0 Å². The molecule has 0 rings (SSSR count). The van der Waals surface area contributed by atoms with Gasteiger partial charge in [-0.25, -0.2) is 16.8 Å². The second-order valence-electron chi connectivity index (χ2n) is 6.46. The largest absolute Gasteiger partial charge is 0.239 e. The van der Waals surface area contributed by atoms with E-state index in [-0.39, 0.29) is 5.75 Å².